The van der Waals surface area contributed by atoms with Crippen LogP contribution in [0.5, 0.6) is 0 Å². The molecule has 2 fully saturated rings. The van der Waals surface area contributed by atoms with Crippen molar-refractivity contribution in [1.29, 1.82) is 0 Å². The number of amides is 3. The third kappa shape index (κ3) is 5.69. The summed E-state index contributed by atoms with van der Waals surface area (Å²) in [6.07, 6.45) is 0.650. The van der Waals surface area contributed by atoms with Crippen LogP contribution in [0.15, 0.2) is 36.4 Å². The van der Waals surface area contributed by atoms with Crippen molar-refractivity contribution >= 4 is 50.5 Å². The van der Waals surface area contributed by atoms with E-state index in [9.17, 15) is 28.0 Å². The minimum absolute atomic E-state index is 0.0207. The molecular weight excluding hydrogens is 538 g/mol. The van der Waals surface area contributed by atoms with E-state index in [1.54, 1.807) is 33.5 Å². The second-order valence-corrected chi connectivity index (χ2v) is 13.5. The first kappa shape index (κ1) is 27.6. The highest BCUT2D eigenvalue weighted by molar-refractivity contribution is 7.92. The number of carbonyl (C=O) groups excluding carboxylic acids is 3. The van der Waals surface area contributed by atoms with Gasteiger partial charge in [-0.25, -0.2) is 13.9 Å². The Morgan fingerprint density at radius 1 is 1.05 bits per heavy atom. The lowest BCUT2D eigenvalue weighted by Gasteiger charge is -2.34. The molecule has 0 aliphatic carbocycles. The van der Waals surface area contributed by atoms with Crippen molar-refractivity contribution in [3.63, 3.8) is 0 Å². The molecule has 0 radical (unpaired) electrons. The van der Waals surface area contributed by atoms with E-state index in [1.165, 1.54) is 18.3 Å². The minimum atomic E-state index is -3.90. The molecular formula is C25H30ClN3O6S2. The monoisotopic (exact) mass is 567 g/mol. The summed E-state index contributed by atoms with van der Waals surface area (Å²) in [5.41, 5.74) is 2.45. The Kier molecular flexibility index (Phi) is 8.27. The van der Waals surface area contributed by atoms with Crippen molar-refractivity contribution in [2.45, 2.75) is 37.4 Å². The molecule has 0 saturated carbocycles. The molecule has 1 aromatic heterocycles. The van der Waals surface area contributed by atoms with Crippen molar-refractivity contribution in [2.24, 2.45) is 5.92 Å². The molecule has 1 atom stereocenters. The Morgan fingerprint density at radius 3 is 2.35 bits per heavy atom. The maximum absolute atomic E-state index is 13.8. The Balaban J connectivity index is 1.61. The summed E-state index contributed by atoms with van der Waals surface area (Å²) in [6.45, 7) is 2.71. The van der Waals surface area contributed by atoms with E-state index in [-0.39, 0.29) is 43.0 Å². The van der Waals surface area contributed by atoms with Gasteiger partial charge in [0.1, 0.15) is 4.75 Å². The van der Waals surface area contributed by atoms with Crippen LogP contribution < -0.4 is 5.48 Å². The zero-order chi connectivity index (χ0) is 26.8. The summed E-state index contributed by atoms with van der Waals surface area (Å²) >= 11 is 7.28. The molecule has 2 aromatic rings. The first-order valence-corrected chi connectivity index (χ1v) is 15.0. The molecule has 4 rings (SSSR count). The Labute approximate surface area is 225 Å². The molecule has 2 N–H and O–H groups in total. The van der Waals surface area contributed by atoms with Gasteiger partial charge in [-0.3, -0.25) is 19.6 Å². The summed E-state index contributed by atoms with van der Waals surface area (Å²) in [6, 6.07) is 10.7. The third-order valence-corrected chi connectivity index (χ3v) is 11.6. The van der Waals surface area contributed by atoms with Gasteiger partial charge in [0.15, 0.2) is 9.84 Å². The van der Waals surface area contributed by atoms with Crippen LogP contribution in [-0.4, -0.2) is 73.1 Å². The second kappa shape index (κ2) is 11.1. The van der Waals surface area contributed by atoms with Gasteiger partial charge in [-0.2, -0.15) is 0 Å². The Hall–Kier alpha value is -2.47. The molecule has 2 aliphatic heterocycles. The van der Waals surface area contributed by atoms with E-state index in [2.05, 4.69) is 0 Å². The topological polar surface area (TPSA) is 124 Å². The van der Waals surface area contributed by atoms with E-state index in [0.29, 0.717) is 35.8 Å². The van der Waals surface area contributed by atoms with Gasteiger partial charge < -0.3 is 9.80 Å². The summed E-state index contributed by atoms with van der Waals surface area (Å²) in [4.78, 5) is 41.9. The molecule has 3 heterocycles. The minimum Gasteiger partial charge on any atom is -0.343 e. The molecule has 1 aromatic carbocycles. The number of hydrogen-bond donors (Lipinski definition) is 2. The molecule has 37 heavy (non-hydrogen) atoms. The van der Waals surface area contributed by atoms with Crippen molar-refractivity contribution in [2.75, 3.05) is 31.9 Å². The van der Waals surface area contributed by atoms with E-state index < -0.39 is 26.9 Å². The van der Waals surface area contributed by atoms with E-state index in [0.717, 1.165) is 10.4 Å². The van der Waals surface area contributed by atoms with Gasteiger partial charge in [0.05, 0.1) is 12.2 Å². The number of carbonyl (C=O) groups is 3. The summed E-state index contributed by atoms with van der Waals surface area (Å²) < 4.78 is 26.0. The van der Waals surface area contributed by atoms with Crippen LogP contribution in [0.1, 0.15) is 37.5 Å². The molecule has 9 nitrogen and oxygen atoms in total. The number of hydroxylamine groups is 1. The highest BCUT2D eigenvalue weighted by Crippen LogP contribution is 2.45. The number of hydrogen-bond acceptors (Lipinski definition) is 7. The quantitative estimate of drug-likeness (QED) is 0.423. The first-order chi connectivity index (χ1) is 17.6. The Bertz CT molecular complexity index is 1270. The van der Waals surface area contributed by atoms with Crippen molar-refractivity contribution in [3.05, 3.63) is 46.3 Å². The summed E-state index contributed by atoms with van der Waals surface area (Å²) in [5, 5.41) is 9.83. The number of nitrogens with one attached hydrogen (secondary N) is 1. The standard InChI is InChI=1S/C25H30ClN3O6S2/c1-17(30)28-11-8-19(9-12-28)24(32)29-13-10-25(16-23(31)27-33,37(34,35)15-14-29)22-7-6-21(36-22)18-2-4-20(26)5-3-18/h2-7,19,33H,8-16H2,1H3,(H,27,31)/t25-/m0/s1. The SMILES string of the molecule is CC(=O)N1CCC(C(=O)N2CC[C@](CC(=O)NO)(c3ccc(-c4ccc(Cl)cc4)s3)S(=O)(=O)CC2)CC1. The normalized spacial score (nSPS) is 22.4. The average molecular weight is 568 g/mol. The lowest BCUT2D eigenvalue weighted by molar-refractivity contribution is -0.140. The maximum Gasteiger partial charge on any atom is 0.245 e. The number of nitrogens with zero attached hydrogens (tertiary/aromatic N) is 2. The fourth-order valence-electron chi connectivity index (χ4n) is 5.14. The van der Waals surface area contributed by atoms with Gasteiger partial charge in [-0.1, -0.05) is 23.7 Å². The second-order valence-electron chi connectivity index (χ2n) is 9.55. The van der Waals surface area contributed by atoms with E-state index >= 15 is 0 Å². The average Bonchev–Trinajstić information content (AvgIpc) is 3.33. The third-order valence-electron chi connectivity index (χ3n) is 7.37. The van der Waals surface area contributed by atoms with Gasteiger partial charge >= 0.3 is 0 Å². The highest BCUT2D eigenvalue weighted by atomic mass is 35.5. The van der Waals surface area contributed by atoms with Crippen LogP contribution in [0, 0.1) is 5.92 Å². The van der Waals surface area contributed by atoms with Gasteiger partial charge in [-0.15, -0.1) is 11.3 Å². The molecule has 0 bridgehead atoms. The number of benzene rings is 1. The van der Waals surface area contributed by atoms with E-state index in [1.807, 2.05) is 18.2 Å². The van der Waals surface area contributed by atoms with E-state index in [4.69, 9.17) is 11.6 Å². The van der Waals surface area contributed by atoms with Gasteiger partial charge in [0.25, 0.3) is 0 Å². The molecule has 200 valence electrons. The van der Waals surface area contributed by atoms with Gasteiger partial charge in [-0.05, 0) is 49.1 Å². The predicted molar refractivity (Wildman–Crippen MR) is 141 cm³/mol. The maximum atomic E-state index is 13.8. The fourth-order valence-corrected chi connectivity index (χ4v) is 8.88. The van der Waals surface area contributed by atoms with Crippen LogP contribution in [0.3, 0.4) is 0 Å². The summed E-state index contributed by atoms with van der Waals surface area (Å²) in [7, 11) is -3.90. The largest absolute Gasteiger partial charge is 0.343 e. The number of likely N-dealkylation sites (tertiary alicyclic amines) is 1. The molecule has 2 aliphatic rings. The molecule has 0 spiro atoms. The van der Waals surface area contributed by atoms with Crippen molar-refractivity contribution < 1.29 is 28.0 Å². The van der Waals surface area contributed by atoms with Crippen LogP contribution >= 0.6 is 22.9 Å². The number of rotatable bonds is 5. The van der Waals surface area contributed by atoms with Crippen LogP contribution in [-0.2, 0) is 29.0 Å². The lowest BCUT2D eigenvalue weighted by Crippen LogP contribution is -2.44. The highest BCUT2D eigenvalue weighted by Gasteiger charge is 2.50. The van der Waals surface area contributed by atoms with Crippen LogP contribution in [0.2, 0.25) is 5.02 Å². The predicted octanol–water partition coefficient (Wildman–Crippen LogP) is 3.06. The summed E-state index contributed by atoms with van der Waals surface area (Å²) in [5.74, 6) is -1.51. The van der Waals surface area contributed by atoms with Crippen LogP contribution in [0.25, 0.3) is 10.4 Å². The van der Waals surface area contributed by atoms with Crippen LogP contribution in [0.4, 0.5) is 0 Å². The first-order valence-electron chi connectivity index (χ1n) is 12.1. The molecule has 2 saturated heterocycles. The number of thiophene rings is 1. The van der Waals surface area contributed by atoms with Gasteiger partial charge in [0, 0.05) is 53.8 Å². The lowest BCUT2D eigenvalue weighted by atomic mass is 9.94. The zero-order valence-corrected chi connectivity index (χ0v) is 22.9. The van der Waals surface area contributed by atoms with Gasteiger partial charge in [0.2, 0.25) is 17.7 Å². The molecule has 3 amide bonds. The zero-order valence-electron chi connectivity index (χ0n) is 20.5. The number of piperidine rings is 1. The number of sulfone groups is 1. The molecule has 0 unspecified atom stereocenters. The molecule has 12 heteroatoms. The fraction of sp³-hybridized carbons (Fsp3) is 0.480. The number of halogens is 1. The smallest absolute Gasteiger partial charge is 0.245 e. The Morgan fingerprint density at radius 2 is 1.73 bits per heavy atom. The van der Waals surface area contributed by atoms with Crippen molar-refractivity contribution in [1.82, 2.24) is 15.3 Å². The van der Waals surface area contributed by atoms with Crippen molar-refractivity contribution in [3.8, 4) is 10.4 Å².